The van der Waals surface area contributed by atoms with Crippen molar-refractivity contribution in [3.63, 3.8) is 0 Å². The topological polar surface area (TPSA) is 47.0 Å². The molecule has 96 valence electrons. The molecule has 0 saturated carbocycles. The summed E-state index contributed by atoms with van der Waals surface area (Å²) in [5.41, 5.74) is 0.939. The highest BCUT2D eigenvalue weighted by Crippen LogP contribution is 2.17. The molecule has 6 heteroatoms. The quantitative estimate of drug-likeness (QED) is 0.852. The van der Waals surface area contributed by atoms with Crippen molar-refractivity contribution in [1.29, 1.82) is 0 Å². The SMILES string of the molecule is Cc1cc(O[Si](C)(C)C)nc(N[Si](C)(C)C)n1. The summed E-state index contributed by atoms with van der Waals surface area (Å²) in [7, 11) is -3.03. The third-order valence-electron chi connectivity index (χ3n) is 1.73. The van der Waals surface area contributed by atoms with E-state index >= 15 is 0 Å². The van der Waals surface area contributed by atoms with Gasteiger partial charge >= 0.3 is 0 Å². The van der Waals surface area contributed by atoms with Crippen LogP contribution in [0, 0.1) is 6.92 Å². The van der Waals surface area contributed by atoms with Crippen LogP contribution in [-0.2, 0) is 0 Å². The Hall–Kier alpha value is -0.886. The summed E-state index contributed by atoms with van der Waals surface area (Å²) in [6.07, 6.45) is 0. The molecule has 1 N–H and O–H groups in total. The van der Waals surface area contributed by atoms with Gasteiger partial charge < -0.3 is 9.41 Å². The lowest BCUT2D eigenvalue weighted by atomic mass is 10.4. The Morgan fingerprint density at radius 2 is 1.65 bits per heavy atom. The fourth-order valence-electron chi connectivity index (χ4n) is 1.30. The van der Waals surface area contributed by atoms with Gasteiger partial charge in [-0.2, -0.15) is 4.98 Å². The first-order valence-corrected chi connectivity index (χ1v) is 12.8. The fraction of sp³-hybridized carbons (Fsp3) is 0.636. The van der Waals surface area contributed by atoms with E-state index in [1.54, 1.807) is 0 Å². The van der Waals surface area contributed by atoms with Crippen LogP contribution in [0.5, 0.6) is 5.88 Å². The van der Waals surface area contributed by atoms with E-state index in [9.17, 15) is 0 Å². The fourth-order valence-corrected chi connectivity index (χ4v) is 2.81. The second-order valence-electron chi connectivity index (χ2n) is 6.26. The van der Waals surface area contributed by atoms with E-state index in [4.69, 9.17) is 4.43 Å². The summed E-state index contributed by atoms with van der Waals surface area (Å²) < 4.78 is 5.90. The summed E-state index contributed by atoms with van der Waals surface area (Å²) in [4.78, 5) is 12.2. The molecule has 4 nitrogen and oxygen atoms in total. The van der Waals surface area contributed by atoms with Gasteiger partial charge in [-0.1, -0.05) is 19.6 Å². The Kier molecular flexibility index (Phi) is 3.98. The molecule has 0 aliphatic heterocycles. The number of rotatable bonds is 4. The predicted octanol–water partition coefficient (Wildman–Crippen LogP) is 3.25. The van der Waals surface area contributed by atoms with Gasteiger partial charge in [-0.25, -0.2) is 4.98 Å². The van der Waals surface area contributed by atoms with E-state index in [0.29, 0.717) is 11.8 Å². The number of hydrogen-bond acceptors (Lipinski definition) is 4. The molecule has 0 fully saturated rings. The molecule has 0 aromatic carbocycles. The average molecular weight is 269 g/mol. The molecule has 1 aromatic rings. The van der Waals surface area contributed by atoms with Crippen molar-refractivity contribution in [2.24, 2.45) is 0 Å². The van der Waals surface area contributed by atoms with Crippen molar-refractivity contribution in [3.05, 3.63) is 11.8 Å². The molecule has 1 heterocycles. The van der Waals surface area contributed by atoms with Gasteiger partial charge in [0.2, 0.25) is 20.1 Å². The highest BCUT2D eigenvalue weighted by atomic mass is 28.4. The highest BCUT2D eigenvalue weighted by Gasteiger charge is 2.19. The van der Waals surface area contributed by atoms with Gasteiger partial charge in [0.05, 0.1) is 0 Å². The van der Waals surface area contributed by atoms with Gasteiger partial charge in [0, 0.05) is 11.8 Å². The lowest BCUT2D eigenvalue weighted by Crippen LogP contribution is -2.34. The molecule has 0 amide bonds. The third kappa shape index (κ3) is 5.83. The molecule has 0 aliphatic carbocycles. The van der Waals surface area contributed by atoms with Crippen molar-refractivity contribution >= 4 is 22.5 Å². The molecule has 0 radical (unpaired) electrons. The van der Waals surface area contributed by atoms with Crippen molar-refractivity contribution in [1.82, 2.24) is 9.97 Å². The van der Waals surface area contributed by atoms with Crippen LogP contribution < -0.4 is 9.41 Å². The summed E-state index contributed by atoms with van der Waals surface area (Å²) in [6.45, 7) is 15.1. The Bertz CT molecular complexity index is 362. The van der Waals surface area contributed by atoms with Gasteiger partial charge in [-0.3, -0.25) is 0 Å². The summed E-state index contributed by atoms with van der Waals surface area (Å²) >= 11 is 0. The second-order valence-corrected chi connectivity index (χ2v) is 15.4. The van der Waals surface area contributed by atoms with Crippen molar-refractivity contribution < 1.29 is 4.43 Å². The Morgan fingerprint density at radius 1 is 1.06 bits per heavy atom. The van der Waals surface area contributed by atoms with Crippen LogP contribution in [0.15, 0.2) is 6.07 Å². The zero-order chi connectivity index (χ0) is 13.3. The molecule has 0 spiro atoms. The standard InChI is InChI=1S/C11H23N3OSi2/c1-9-8-10(15-17(5,6)7)13-11(12-9)14-16(2,3)4/h8H,1-7H3,(H,12,13,14). The van der Waals surface area contributed by atoms with E-state index < -0.39 is 16.6 Å². The van der Waals surface area contributed by atoms with Gasteiger partial charge in [0.15, 0.2) is 0 Å². The van der Waals surface area contributed by atoms with E-state index in [-0.39, 0.29) is 0 Å². The number of anilines is 1. The number of nitrogens with zero attached hydrogens (tertiary/aromatic N) is 2. The molecule has 0 unspecified atom stereocenters. The lowest BCUT2D eigenvalue weighted by Gasteiger charge is -2.21. The molecule has 0 atom stereocenters. The van der Waals surface area contributed by atoms with E-state index in [1.165, 1.54) is 0 Å². The smallest absolute Gasteiger partial charge is 0.244 e. The normalized spacial score (nSPS) is 12.4. The number of nitrogens with one attached hydrogen (secondary N) is 1. The first-order valence-electron chi connectivity index (χ1n) is 5.88. The minimum absolute atomic E-state index is 0.692. The Morgan fingerprint density at radius 3 is 2.12 bits per heavy atom. The van der Waals surface area contributed by atoms with Crippen LogP contribution in [0.4, 0.5) is 5.95 Å². The van der Waals surface area contributed by atoms with E-state index in [1.807, 2.05) is 13.0 Å². The van der Waals surface area contributed by atoms with Crippen LogP contribution in [0.3, 0.4) is 0 Å². The number of hydrogen-bond donors (Lipinski definition) is 1. The maximum absolute atomic E-state index is 5.90. The third-order valence-corrected chi connectivity index (χ3v) is 3.52. The Labute approximate surface area is 106 Å². The van der Waals surface area contributed by atoms with Crippen molar-refractivity contribution in [2.75, 3.05) is 4.98 Å². The van der Waals surface area contributed by atoms with Crippen LogP contribution in [0.1, 0.15) is 5.69 Å². The average Bonchev–Trinajstić information content (AvgIpc) is 1.93. The van der Waals surface area contributed by atoms with Gasteiger partial charge in [-0.05, 0) is 26.6 Å². The first-order chi connectivity index (χ1) is 7.55. The maximum Gasteiger partial charge on any atom is 0.244 e. The van der Waals surface area contributed by atoms with Crippen LogP contribution in [0.25, 0.3) is 0 Å². The molecule has 0 aliphatic rings. The minimum atomic E-state index is -1.61. The molecule has 1 aromatic heterocycles. The van der Waals surface area contributed by atoms with Crippen LogP contribution in [0.2, 0.25) is 39.3 Å². The van der Waals surface area contributed by atoms with E-state index in [0.717, 1.165) is 5.69 Å². The molecular weight excluding hydrogens is 246 g/mol. The van der Waals surface area contributed by atoms with Gasteiger partial charge in [0.25, 0.3) is 0 Å². The lowest BCUT2D eigenvalue weighted by molar-refractivity contribution is 0.532. The first kappa shape index (κ1) is 14.2. The maximum atomic E-state index is 5.90. The summed E-state index contributed by atoms with van der Waals surface area (Å²) in [5.74, 6) is 1.38. The van der Waals surface area contributed by atoms with Gasteiger partial charge in [0.1, 0.15) is 8.24 Å². The summed E-state index contributed by atoms with van der Waals surface area (Å²) in [5, 5.41) is 0. The molecule has 0 saturated heterocycles. The van der Waals surface area contributed by atoms with Crippen molar-refractivity contribution in [3.8, 4) is 5.88 Å². The number of aryl methyl sites for hydroxylation is 1. The minimum Gasteiger partial charge on any atom is -0.531 e. The largest absolute Gasteiger partial charge is 0.531 e. The zero-order valence-electron chi connectivity index (χ0n) is 11.9. The van der Waals surface area contributed by atoms with Crippen LogP contribution >= 0.6 is 0 Å². The molecular formula is C11H23N3OSi2. The molecule has 17 heavy (non-hydrogen) atoms. The van der Waals surface area contributed by atoms with Crippen molar-refractivity contribution in [2.45, 2.75) is 46.2 Å². The zero-order valence-corrected chi connectivity index (χ0v) is 13.9. The predicted molar refractivity (Wildman–Crippen MR) is 77.7 cm³/mol. The van der Waals surface area contributed by atoms with E-state index in [2.05, 4.69) is 54.2 Å². The van der Waals surface area contributed by atoms with Gasteiger partial charge in [-0.15, -0.1) is 0 Å². The summed E-state index contributed by atoms with van der Waals surface area (Å²) in [6, 6.07) is 1.90. The second kappa shape index (κ2) is 4.77. The highest BCUT2D eigenvalue weighted by molar-refractivity contribution is 6.79. The van der Waals surface area contributed by atoms with Crippen LogP contribution in [-0.4, -0.2) is 26.5 Å². The Balaban J connectivity index is 2.95. The molecule has 1 rings (SSSR count). The molecule has 0 bridgehead atoms. The number of aromatic nitrogens is 2. The monoisotopic (exact) mass is 269 g/mol.